The highest BCUT2D eigenvalue weighted by atomic mass is 35.5. The van der Waals surface area contributed by atoms with E-state index < -0.39 is 5.82 Å². The quantitative estimate of drug-likeness (QED) is 0.754. The number of carbonyl (C=O) groups is 1. The zero-order valence-corrected chi connectivity index (χ0v) is 18.5. The fourth-order valence-corrected chi connectivity index (χ4v) is 4.23. The van der Waals surface area contributed by atoms with Gasteiger partial charge in [-0.15, -0.1) is 0 Å². The molecule has 0 atom stereocenters. The fourth-order valence-electron chi connectivity index (χ4n) is 4.15. The molecule has 2 aromatic rings. The molecule has 1 aliphatic heterocycles. The summed E-state index contributed by atoms with van der Waals surface area (Å²) in [5, 5.41) is 0.518. The Bertz CT molecular complexity index is 1030. The van der Waals surface area contributed by atoms with Crippen LogP contribution < -0.4 is 10.5 Å². The average Bonchev–Trinajstić information content (AvgIpc) is 3.14. The molecule has 1 amide bonds. The van der Waals surface area contributed by atoms with Crippen LogP contribution in [0.3, 0.4) is 0 Å². The minimum absolute atomic E-state index is 0.00727. The van der Waals surface area contributed by atoms with E-state index >= 15 is 0 Å². The molecule has 2 N–H and O–H groups in total. The third-order valence-electron chi connectivity index (χ3n) is 5.86. The molecule has 1 aromatic heterocycles. The van der Waals surface area contributed by atoms with Gasteiger partial charge in [-0.2, -0.15) is 0 Å². The predicted molar refractivity (Wildman–Crippen MR) is 117 cm³/mol. The summed E-state index contributed by atoms with van der Waals surface area (Å²) in [5.41, 5.74) is 9.15. The fraction of sp³-hybridized carbons (Fsp3) is 0.435. The second kappa shape index (κ2) is 8.83. The highest BCUT2D eigenvalue weighted by molar-refractivity contribution is 6.31. The van der Waals surface area contributed by atoms with E-state index in [9.17, 15) is 9.18 Å². The highest BCUT2D eigenvalue weighted by Crippen LogP contribution is 2.30. The van der Waals surface area contributed by atoms with Crippen LogP contribution in [0, 0.1) is 19.7 Å². The van der Waals surface area contributed by atoms with Gasteiger partial charge in [-0.1, -0.05) is 18.0 Å². The molecule has 6 nitrogen and oxygen atoms in total. The standard InChI is InChI=1S/C23H26ClFN4O2/c1-13-21(24)14(2)28-22(27-13)18-11-29(12-19(18)26)23(30)17-9-8-15(25)10-20(17)31-16-6-4-3-5-7-16/h8-10,16H,3-7,11-12,26H2,1-2H3. The molecular formula is C23H26ClFN4O2. The Morgan fingerprint density at radius 1 is 1.16 bits per heavy atom. The van der Waals surface area contributed by atoms with Gasteiger partial charge in [0, 0.05) is 17.3 Å². The SMILES string of the molecule is Cc1nc(C2=C(N)CN(C(=O)c3ccc(F)cc3OC3CCCCC3)C2)nc(C)c1Cl. The third kappa shape index (κ3) is 4.51. The average molecular weight is 445 g/mol. The van der Waals surface area contributed by atoms with Gasteiger partial charge in [0.05, 0.1) is 41.2 Å². The molecule has 8 heteroatoms. The topological polar surface area (TPSA) is 81.3 Å². The summed E-state index contributed by atoms with van der Waals surface area (Å²) in [4.78, 5) is 23.8. The lowest BCUT2D eigenvalue weighted by atomic mass is 9.97. The smallest absolute Gasteiger partial charge is 0.258 e. The first-order valence-corrected chi connectivity index (χ1v) is 11.0. The molecule has 164 valence electrons. The summed E-state index contributed by atoms with van der Waals surface area (Å²) in [6, 6.07) is 4.06. The maximum absolute atomic E-state index is 13.9. The van der Waals surface area contributed by atoms with Crippen LogP contribution in [0.2, 0.25) is 5.02 Å². The van der Waals surface area contributed by atoms with E-state index in [2.05, 4.69) is 9.97 Å². The van der Waals surface area contributed by atoms with Crippen LogP contribution in [0.5, 0.6) is 5.75 Å². The Morgan fingerprint density at radius 2 is 1.84 bits per heavy atom. The van der Waals surface area contributed by atoms with Crippen molar-refractivity contribution in [1.29, 1.82) is 0 Å². The van der Waals surface area contributed by atoms with Crippen molar-refractivity contribution in [2.24, 2.45) is 5.73 Å². The molecule has 1 aromatic carbocycles. The highest BCUT2D eigenvalue weighted by Gasteiger charge is 2.30. The minimum Gasteiger partial charge on any atom is -0.489 e. The number of nitrogens with zero attached hydrogens (tertiary/aromatic N) is 3. The summed E-state index contributed by atoms with van der Waals surface area (Å²) in [6.45, 7) is 4.13. The molecule has 1 aliphatic carbocycles. The zero-order valence-electron chi connectivity index (χ0n) is 17.8. The van der Waals surface area contributed by atoms with Crippen molar-refractivity contribution in [2.75, 3.05) is 13.1 Å². The van der Waals surface area contributed by atoms with E-state index in [4.69, 9.17) is 22.1 Å². The maximum Gasteiger partial charge on any atom is 0.258 e. The Hall–Kier alpha value is -2.67. The van der Waals surface area contributed by atoms with Gasteiger partial charge in [0.2, 0.25) is 0 Å². The number of benzene rings is 1. The van der Waals surface area contributed by atoms with Crippen LogP contribution in [0.1, 0.15) is 59.7 Å². The van der Waals surface area contributed by atoms with Gasteiger partial charge in [-0.25, -0.2) is 14.4 Å². The summed E-state index contributed by atoms with van der Waals surface area (Å²) in [5.74, 6) is 0.0807. The summed E-state index contributed by atoms with van der Waals surface area (Å²) in [6.07, 6.45) is 5.19. The van der Waals surface area contributed by atoms with Gasteiger partial charge >= 0.3 is 0 Å². The zero-order chi connectivity index (χ0) is 22.1. The van der Waals surface area contributed by atoms with Crippen molar-refractivity contribution in [3.8, 4) is 5.75 Å². The summed E-state index contributed by atoms with van der Waals surface area (Å²) >= 11 is 6.18. The van der Waals surface area contributed by atoms with Crippen LogP contribution in [-0.4, -0.2) is 40.0 Å². The van der Waals surface area contributed by atoms with Crippen LogP contribution in [0.25, 0.3) is 5.57 Å². The Labute approximate surface area is 186 Å². The van der Waals surface area contributed by atoms with Crippen molar-refractivity contribution in [3.05, 3.63) is 57.5 Å². The lowest BCUT2D eigenvalue weighted by Crippen LogP contribution is -2.31. The molecule has 2 aliphatic rings. The number of rotatable bonds is 4. The van der Waals surface area contributed by atoms with Gasteiger partial charge in [0.1, 0.15) is 11.6 Å². The molecule has 0 unspecified atom stereocenters. The lowest BCUT2D eigenvalue weighted by molar-refractivity contribution is 0.0787. The van der Waals surface area contributed by atoms with Crippen molar-refractivity contribution in [1.82, 2.24) is 14.9 Å². The van der Waals surface area contributed by atoms with Gasteiger partial charge in [0.25, 0.3) is 5.91 Å². The van der Waals surface area contributed by atoms with E-state index in [1.165, 1.54) is 24.6 Å². The second-order valence-corrected chi connectivity index (χ2v) is 8.59. The molecule has 0 saturated heterocycles. The minimum atomic E-state index is -0.428. The van der Waals surface area contributed by atoms with Gasteiger partial charge in [-0.3, -0.25) is 4.79 Å². The number of carbonyl (C=O) groups excluding carboxylic acids is 1. The summed E-state index contributed by atoms with van der Waals surface area (Å²) in [7, 11) is 0. The maximum atomic E-state index is 13.9. The Morgan fingerprint density at radius 3 is 2.52 bits per heavy atom. The summed E-state index contributed by atoms with van der Waals surface area (Å²) < 4.78 is 20.0. The van der Waals surface area contributed by atoms with Gasteiger partial charge < -0.3 is 15.4 Å². The number of aryl methyl sites for hydroxylation is 2. The van der Waals surface area contributed by atoms with Crippen LogP contribution in [0.4, 0.5) is 4.39 Å². The van der Waals surface area contributed by atoms with Crippen LogP contribution in [0.15, 0.2) is 23.9 Å². The van der Waals surface area contributed by atoms with Crippen LogP contribution in [-0.2, 0) is 0 Å². The van der Waals surface area contributed by atoms with E-state index in [1.807, 2.05) is 13.8 Å². The number of nitrogens with two attached hydrogens (primary N) is 1. The first kappa shape index (κ1) is 21.6. The van der Waals surface area contributed by atoms with Gasteiger partial charge in [-0.05, 0) is 51.7 Å². The van der Waals surface area contributed by atoms with Crippen molar-refractivity contribution < 1.29 is 13.9 Å². The molecule has 4 rings (SSSR count). The molecule has 0 spiro atoms. The van der Waals surface area contributed by atoms with Gasteiger partial charge in [0.15, 0.2) is 5.82 Å². The number of amides is 1. The van der Waals surface area contributed by atoms with Crippen LogP contribution >= 0.6 is 11.6 Å². The number of aromatic nitrogens is 2. The van der Waals surface area contributed by atoms with Crippen molar-refractivity contribution >= 4 is 23.1 Å². The normalized spacial score (nSPS) is 17.4. The number of halogens is 2. The third-order valence-corrected chi connectivity index (χ3v) is 6.40. The number of hydrogen-bond acceptors (Lipinski definition) is 5. The lowest BCUT2D eigenvalue weighted by Gasteiger charge is -2.25. The Balaban J connectivity index is 1.56. The molecule has 0 radical (unpaired) electrons. The number of hydrogen-bond donors (Lipinski definition) is 1. The number of ether oxygens (including phenoxy) is 1. The van der Waals surface area contributed by atoms with E-state index in [0.717, 1.165) is 25.7 Å². The predicted octanol–water partition coefficient (Wildman–Crippen LogP) is 4.42. The first-order chi connectivity index (χ1) is 14.8. The molecule has 2 heterocycles. The van der Waals surface area contributed by atoms with Crippen molar-refractivity contribution in [2.45, 2.75) is 52.1 Å². The molecule has 0 bridgehead atoms. The second-order valence-electron chi connectivity index (χ2n) is 8.22. The van der Waals surface area contributed by atoms with Crippen molar-refractivity contribution in [3.63, 3.8) is 0 Å². The molecule has 1 saturated carbocycles. The van der Waals surface area contributed by atoms with E-state index in [0.29, 0.717) is 44.8 Å². The van der Waals surface area contributed by atoms with E-state index in [1.54, 1.807) is 4.90 Å². The molecule has 31 heavy (non-hydrogen) atoms. The largest absolute Gasteiger partial charge is 0.489 e. The monoisotopic (exact) mass is 444 g/mol. The Kier molecular flexibility index (Phi) is 6.14. The first-order valence-electron chi connectivity index (χ1n) is 10.6. The van der Waals surface area contributed by atoms with E-state index in [-0.39, 0.29) is 25.1 Å². The molecular weight excluding hydrogens is 419 g/mol. The molecule has 1 fully saturated rings.